The zero-order chi connectivity index (χ0) is 13.2. The molecule has 0 fully saturated rings. The van der Waals surface area contributed by atoms with E-state index in [4.69, 9.17) is 15.6 Å². The number of hydrogen-bond acceptors (Lipinski definition) is 2. The standard InChI is InChI=1S/C13H29N.CH2O2/c1-2-3-4-5-6-7-8-9-10-11-12-13-14;2-1-3/h2-14H2,1H3;1H,(H,2,3). The van der Waals surface area contributed by atoms with Crippen LogP contribution >= 0.6 is 0 Å². The molecule has 0 amide bonds. The SMILES string of the molecule is CCCCCCCCCCCCCN.O=CO. The fraction of sp³-hybridized carbons (Fsp3) is 0.929. The molecule has 0 heterocycles. The van der Waals surface area contributed by atoms with Crippen molar-refractivity contribution in [1.82, 2.24) is 0 Å². The van der Waals surface area contributed by atoms with E-state index in [0.29, 0.717) is 0 Å². The number of carbonyl (C=O) groups is 1. The van der Waals surface area contributed by atoms with Crippen molar-refractivity contribution < 1.29 is 9.90 Å². The van der Waals surface area contributed by atoms with E-state index < -0.39 is 0 Å². The summed E-state index contributed by atoms with van der Waals surface area (Å²) >= 11 is 0. The molecule has 0 aromatic heterocycles. The Hall–Kier alpha value is -0.570. The van der Waals surface area contributed by atoms with Gasteiger partial charge in [0.05, 0.1) is 0 Å². The molecule has 0 rings (SSSR count). The molecule has 0 atom stereocenters. The van der Waals surface area contributed by atoms with Crippen LogP contribution in [0.15, 0.2) is 0 Å². The van der Waals surface area contributed by atoms with Gasteiger partial charge >= 0.3 is 0 Å². The van der Waals surface area contributed by atoms with E-state index in [1.165, 1.54) is 70.6 Å². The summed E-state index contributed by atoms with van der Waals surface area (Å²) in [6.07, 6.45) is 15.4. The minimum Gasteiger partial charge on any atom is -0.483 e. The maximum atomic E-state index is 8.36. The lowest BCUT2D eigenvalue weighted by Gasteiger charge is -2.01. The number of nitrogens with two attached hydrogens (primary N) is 1. The zero-order valence-corrected chi connectivity index (χ0v) is 11.5. The number of rotatable bonds is 11. The molecule has 0 unspecified atom stereocenters. The van der Waals surface area contributed by atoms with Crippen molar-refractivity contribution in [2.75, 3.05) is 6.54 Å². The second-order valence-electron chi connectivity index (χ2n) is 4.43. The van der Waals surface area contributed by atoms with Gasteiger partial charge in [-0.1, -0.05) is 71.1 Å². The fourth-order valence-corrected chi connectivity index (χ4v) is 1.81. The van der Waals surface area contributed by atoms with Gasteiger partial charge in [0.15, 0.2) is 0 Å². The number of hydrogen-bond donors (Lipinski definition) is 2. The van der Waals surface area contributed by atoms with Gasteiger partial charge in [-0.15, -0.1) is 0 Å². The Bertz CT molecular complexity index is 117. The summed E-state index contributed by atoms with van der Waals surface area (Å²) in [7, 11) is 0. The molecule has 0 radical (unpaired) electrons. The van der Waals surface area contributed by atoms with Crippen molar-refractivity contribution in [2.24, 2.45) is 5.73 Å². The topological polar surface area (TPSA) is 63.3 Å². The smallest absolute Gasteiger partial charge is 0.290 e. The maximum Gasteiger partial charge on any atom is 0.290 e. The van der Waals surface area contributed by atoms with Gasteiger partial charge in [0.2, 0.25) is 0 Å². The highest BCUT2D eigenvalue weighted by Gasteiger charge is 1.91. The second kappa shape index (κ2) is 20.8. The average molecular weight is 245 g/mol. The lowest BCUT2D eigenvalue weighted by Crippen LogP contribution is -1.97. The Morgan fingerprint density at radius 1 is 0.824 bits per heavy atom. The molecule has 0 aliphatic carbocycles. The molecule has 0 aliphatic heterocycles. The van der Waals surface area contributed by atoms with Crippen molar-refractivity contribution in [2.45, 2.75) is 77.6 Å². The van der Waals surface area contributed by atoms with Crippen LogP contribution in [0.4, 0.5) is 0 Å². The monoisotopic (exact) mass is 245 g/mol. The normalized spacial score (nSPS) is 9.53. The Kier molecular flexibility index (Phi) is 23.0. The highest BCUT2D eigenvalue weighted by Crippen LogP contribution is 2.10. The summed E-state index contributed by atoms with van der Waals surface area (Å²) in [4.78, 5) is 8.36. The van der Waals surface area contributed by atoms with Crippen molar-refractivity contribution >= 4 is 6.47 Å². The molecular formula is C14H31NO2. The molecule has 3 N–H and O–H groups in total. The minimum absolute atomic E-state index is 0.250. The van der Waals surface area contributed by atoms with Crippen molar-refractivity contribution in [1.29, 1.82) is 0 Å². The predicted molar refractivity (Wildman–Crippen MR) is 74.2 cm³/mol. The van der Waals surface area contributed by atoms with E-state index in [-0.39, 0.29) is 6.47 Å². The number of unbranched alkanes of at least 4 members (excludes halogenated alkanes) is 10. The fourth-order valence-electron chi connectivity index (χ4n) is 1.81. The van der Waals surface area contributed by atoms with Gasteiger partial charge in [-0.3, -0.25) is 4.79 Å². The van der Waals surface area contributed by atoms with Crippen LogP contribution in [-0.4, -0.2) is 18.1 Å². The van der Waals surface area contributed by atoms with Crippen molar-refractivity contribution in [3.63, 3.8) is 0 Å². The Morgan fingerprint density at radius 2 is 1.12 bits per heavy atom. The van der Waals surface area contributed by atoms with Gasteiger partial charge < -0.3 is 10.8 Å². The first-order chi connectivity index (χ1) is 8.33. The highest BCUT2D eigenvalue weighted by atomic mass is 16.3. The molecule has 0 aromatic rings. The van der Waals surface area contributed by atoms with E-state index in [1.54, 1.807) is 0 Å². The summed E-state index contributed by atoms with van der Waals surface area (Å²) in [5.41, 5.74) is 5.44. The first kappa shape index (κ1) is 18.8. The first-order valence-corrected chi connectivity index (χ1v) is 7.11. The average Bonchev–Trinajstić information content (AvgIpc) is 2.33. The van der Waals surface area contributed by atoms with Crippen LogP contribution in [0.5, 0.6) is 0 Å². The lowest BCUT2D eigenvalue weighted by molar-refractivity contribution is -0.122. The van der Waals surface area contributed by atoms with Gasteiger partial charge in [-0.25, -0.2) is 0 Å². The predicted octanol–water partition coefficient (Wildman–Crippen LogP) is 3.96. The summed E-state index contributed by atoms with van der Waals surface area (Å²) in [6, 6.07) is 0. The molecule has 104 valence electrons. The molecule has 0 saturated carbocycles. The van der Waals surface area contributed by atoms with Gasteiger partial charge in [0, 0.05) is 0 Å². The van der Waals surface area contributed by atoms with Crippen LogP contribution < -0.4 is 5.73 Å². The third-order valence-electron chi connectivity index (χ3n) is 2.81. The van der Waals surface area contributed by atoms with Crippen LogP contribution in [0.3, 0.4) is 0 Å². The molecule has 0 spiro atoms. The van der Waals surface area contributed by atoms with Crippen molar-refractivity contribution in [3.05, 3.63) is 0 Å². The van der Waals surface area contributed by atoms with Crippen LogP contribution in [0.1, 0.15) is 77.6 Å². The molecule has 0 saturated heterocycles. The van der Waals surface area contributed by atoms with Gasteiger partial charge in [0.1, 0.15) is 0 Å². The molecule has 3 nitrogen and oxygen atoms in total. The summed E-state index contributed by atoms with van der Waals surface area (Å²) < 4.78 is 0. The summed E-state index contributed by atoms with van der Waals surface area (Å²) in [5.74, 6) is 0. The lowest BCUT2D eigenvalue weighted by atomic mass is 10.1. The molecule has 0 aromatic carbocycles. The Labute approximate surface area is 107 Å². The maximum absolute atomic E-state index is 8.36. The van der Waals surface area contributed by atoms with Crippen molar-refractivity contribution in [3.8, 4) is 0 Å². The summed E-state index contributed by atoms with van der Waals surface area (Å²) in [5, 5.41) is 6.89. The second-order valence-corrected chi connectivity index (χ2v) is 4.43. The van der Waals surface area contributed by atoms with Gasteiger partial charge in [0.25, 0.3) is 6.47 Å². The highest BCUT2D eigenvalue weighted by molar-refractivity contribution is 5.32. The van der Waals surface area contributed by atoms with E-state index in [0.717, 1.165) is 6.54 Å². The van der Waals surface area contributed by atoms with E-state index in [1.807, 2.05) is 0 Å². The van der Waals surface area contributed by atoms with E-state index in [9.17, 15) is 0 Å². The third kappa shape index (κ3) is 25.6. The Balaban J connectivity index is 0. The Morgan fingerprint density at radius 3 is 1.41 bits per heavy atom. The zero-order valence-electron chi connectivity index (χ0n) is 11.5. The largest absolute Gasteiger partial charge is 0.483 e. The van der Waals surface area contributed by atoms with E-state index in [2.05, 4.69) is 6.92 Å². The van der Waals surface area contributed by atoms with E-state index >= 15 is 0 Å². The quantitative estimate of drug-likeness (QED) is 0.428. The van der Waals surface area contributed by atoms with Crippen LogP contribution in [0.25, 0.3) is 0 Å². The first-order valence-electron chi connectivity index (χ1n) is 7.11. The van der Waals surface area contributed by atoms with Crippen LogP contribution in [0.2, 0.25) is 0 Å². The molecule has 17 heavy (non-hydrogen) atoms. The molecular weight excluding hydrogens is 214 g/mol. The molecule has 0 aliphatic rings. The molecule has 3 heteroatoms. The summed E-state index contributed by atoms with van der Waals surface area (Å²) in [6.45, 7) is 2.90. The van der Waals surface area contributed by atoms with Gasteiger partial charge in [-0.05, 0) is 13.0 Å². The van der Waals surface area contributed by atoms with Crippen LogP contribution in [-0.2, 0) is 4.79 Å². The van der Waals surface area contributed by atoms with Crippen LogP contribution in [0, 0.1) is 0 Å². The number of carboxylic acid groups (broad SMARTS) is 1. The third-order valence-corrected chi connectivity index (χ3v) is 2.81. The molecule has 0 bridgehead atoms. The minimum atomic E-state index is -0.250. The van der Waals surface area contributed by atoms with Gasteiger partial charge in [-0.2, -0.15) is 0 Å².